The van der Waals surface area contributed by atoms with E-state index in [0.717, 1.165) is 4.57 Å². The minimum absolute atomic E-state index is 0.0825. The number of nitrogens with one attached hydrogen (secondary N) is 1. The molecule has 27 heavy (non-hydrogen) atoms. The summed E-state index contributed by atoms with van der Waals surface area (Å²) in [6, 6.07) is 11.3. The highest BCUT2D eigenvalue weighted by Gasteiger charge is 2.38. The molecule has 2 heterocycles. The minimum atomic E-state index is -4.71. The number of alkyl halides is 3. The van der Waals surface area contributed by atoms with E-state index in [9.17, 15) is 18.0 Å². The predicted octanol–water partition coefficient (Wildman–Crippen LogP) is 3.47. The fourth-order valence-corrected chi connectivity index (χ4v) is 2.90. The monoisotopic (exact) mass is 377 g/mol. The number of carbonyl (C=O) groups is 1. The SMILES string of the molecule is O=C(Cn1c(C(F)(F)F)nc2cc3c(cc21)OCCO3)Nc1ccccc1. The summed E-state index contributed by atoms with van der Waals surface area (Å²) >= 11 is 0. The number of fused-ring (bicyclic) bond motifs is 2. The number of nitrogens with zero attached hydrogens (tertiary/aromatic N) is 2. The Balaban J connectivity index is 1.74. The van der Waals surface area contributed by atoms with E-state index in [4.69, 9.17) is 9.47 Å². The first kappa shape index (κ1) is 17.2. The van der Waals surface area contributed by atoms with Crippen LogP contribution in [0, 0.1) is 0 Å². The van der Waals surface area contributed by atoms with Gasteiger partial charge in [0.25, 0.3) is 0 Å². The number of para-hydroxylation sites is 1. The molecule has 0 radical (unpaired) electrons. The van der Waals surface area contributed by atoms with Crippen LogP contribution in [-0.2, 0) is 17.5 Å². The third kappa shape index (κ3) is 3.40. The van der Waals surface area contributed by atoms with E-state index in [0.29, 0.717) is 30.4 Å². The third-order valence-electron chi connectivity index (χ3n) is 4.03. The molecule has 1 aromatic heterocycles. The van der Waals surface area contributed by atoms with Gasteiger partial charge in [0.1, 0.15) is 19.8 Å². The molecule has 0 bridgehead atoms. The van der Waals surface area contributed by atoms with Crippen molar-refractivity contribution in [1.82, 2.24) is 9.55 Å². The van der Waals surface area contributed by atoms with Crippen LogP contribution < -0.4 is 14.8 Å². The van der Waals surface area contributed by atoms with Crippen LogP contribution in [0.5, 0.6) is 11.5 Å². The van der Waals surface area contributed by atoms with E-state index in [1.807, 2.05) is 0 Å². The molecular formula is C18H14F3N3O3. The van der Waals surface area contributed by atoms with Crippen molar-refractivity contribution < 1.29 is 27.4 Å². The third-order valence-corrected chi connectivity index (χ3v) is 4.03. The summed E-state index contributed by atoms with van der Waals surface area (Å²) in [5, 5.41) is 2.58. The number of ether oxygens (including phenoxy) is 2. The number of benzene rings is 2. The van der Waals surface area contributed by atoms with Crippen LogP contribution in [0.25, 0.3) is 11.0 Å². The van der Waals surface area contributed by atoms with Crippen LogP contribution in [0.15, 0.2) is 42.5 Å². The molecule has 0 spiro atoms. The second-order valence-electron chi connectivity index (χ2n) is 5.92. The number of carbonyl (C=O) groups excluding carboxylic acids is 1. The largest absolute Gasteiger partial charge is 0.486 e. The molecule has 9 heteroatoms. The van der Waals surface area contributed by atoms with E-state index >= 15 is 0 Å². The zero-order valence-electron chi connectivity index (χ0n) is 13.9. The first-order chi connectivity index (χ1) is 12.9. The summed E-state index contributed by atoms with van der Waals surface area (Å²) < 4.78 is 52.1. The van der Waals surface area contributed by atoms with Crippen molar-refractivity contribution in [3.63, 3.8) is 0 Å². The van der Waals surface area contributed by atoms with Gasteiger partial charge < -0.3 is 19.4 Å². The second kappa shape index (κ2) is 6.49. The molecule has 1 aliphatic rings. The molecule has 0 aliphatic carbocycles. The molecule has 1 amide bonds. The van der Waals surface area contributed by atoms with Crippen molar-refractivity contribution in [2.24, 2.45) is 0 Å². The number of aromatic nitrogens is 2. The lowest BCUT2D eigenvalue weighted by molar-refractivity contribution is -0.147. The highest BCUT2D eigenvalue weighted by Crippen LogP contribution is 2.38. The molecule has 3 aromatic rings. The molecule has 0 saturated heterocycles. The highest BCUT2D eigenvalue weighted by molar-refractivity contribution is 5.92. The maximum Gasteiger partial charge on any atom is 0.449 e. The Morgan fingerprint density at radius 3 is 2.44 bits per heavy atom. The normalized spacial score (nSPS) is 13.6. The molecule has 140 valence electrons. The maximum atomic E-state index is 13.5. The van der Waals surface area contributed by atoms with Gasteiger partial charge in [-0.05, 0) is 12.1 Å². The van der Waals surface area contributed by atoms with Gasteiger partial charge >= 0.3 is 6.18 Å². The fraction of sp³-hybridized carbons (Fsp3) is 0.222. The van der Waals surface area contributed by atoms with Gasteiger partial charge in [-0.2, -0.15) is 13.2 Å². The standard InChI is InChI=1S/C18H14F3N3O3/c19-18(20,21)17-23-12-8-14-15(27-7-6-26-14)9-13(12)24(17)10-16(25)22-11-4-2-1-3-5-11/h1-5,8-9H,6-7,10H2,(H,22,25). The van der Waals surface area contributed by atoms with Gasteiger partial charge in [-0.15, -0.1) is 0 Å². The average molecular weight is 377 g/mol. The lowest BCUT2D eigenvalue weighted by Crippen LogP contribution is -2.23. The van der Waals surface area contributed by atoms with Gasteiger partial charge in [-0.25, -0.2) is 4.98 Å². The summed E-state index contributed by atoms with van der Waals surface area (Å²) in [4.78, 5) is 16.0. The Hall–Kier alpha value is -3.23. The average Bonchev–Trinajstić information content (AvgIpc) is 2.98. The van der Waals surface area contributed by atoms with Crippen molar-refractivity contribution in [3.8, 4) is 11.5 Å². The van der Waals surface area contributed by atoms with Crippen LogP contribution >= 0.6 is 0 Å². The molecule has 0 saturated carbocycles. The summed E-state index contributed by atoms with van der Waals surface area (Å²) in [5.41, 5.74) is 0.725. The predicted molar refractivity (Wildman–Crippen MR) is 90.8 cm³/mol. The van der Waals surface area contributed by atoms with E-state index in [1.54, 1.807) is 30.3 Å². The van der Waals surface area contributed by atoms with E-state index in [2.05, 4.69) is 10.3 Å². The molecule has 1 aliphatic heterocycles. The number of hydrogen-bond acceptors (Lipinski definition) is 4. The van der Waals surface area contributed by atoms with Gasteiger partial charge in [0, 0.05) is 17.8 Å². The number of halogens is 3. The quantitative estimate of drug-likeness (QED) is 0.759. The Morgan fingerprint density at radius 1 is 1.11 bits per heavy atom. The van der Waals surface area contributed by atoms with Gasteiger partial charge in [0.05, 0.1) is 11.0 Å². The minimum Gasteiger partial charge on any atom is -0.486 e. The van der Waals surface area contributed by atoms with Crippen LogP contribution in [0.1, 0.15) is 5.82 Å². The summed E-state index contributed by atoms with van der Waals surface area (Å²) in [6.45, 7) is 0.0674. The number of hydrogen-bond donors (Lipinski definition) is 1. The Bertz CT molecular complexity index is 1000. The van der Waals surface area contributed by atoms with E-state index < -0.39 is 24.5 Å². The van der Waals surface area contributed by atoms with Gasteiger partial charge in [0.2, 0.25) is 11.7 Å². The zero-order chi connectivity index (χ0) is 19.0. The first-order valence-electron chi connectivity index (χ1n) is 8.14. The number of imidazole rings is 1. The van der Waals surface area contributed by atoms with Crippen molar-refractivity contribution in [2.45, 2.75) is 12.7 Å². The van der Waals surface area contributed by atoms with Gasteiger partial charge in [0.15, 0.2) is 11.5 Å². The van der Waals surface area contributed by atoms with E-state index in [1.165, 1.54) is 12.1 Å². The highest BCUT2D eigenvalue weighted by atomic mass is 19.4. The molecule has 0 unspecified atom stereocenters. The molecule has 0 atom stereocenters. The lowest BCUT2D eigenvalue weighted by Gasteiger charge is -2.18. The van der Waals surface area contributed by atoms with Crippen LogP contribution in [0.2, 0.25) is 0 Å². The molecule has 4 rings (SSSR count). The Labute approximate surface area is 151 Å². The number of rotatable bonds is 3. The van der Waals surface area contributed by atoms with Crippen molar-refractivity contribution >= 4 is 22.6 Å². The molecule has 1 N–H and O–H groups in total. The lowest BCUT2D eigenvalue weighted by atomic mass is 10.2. The van der Waals surface area contributed by atoms with Crippen molar-refractivity contribution in [1.29, 1.82) is 0 Å². The van der Waals surface area contributed by atoms with Crippen LogP contribution in [0.4, 0.5) is 18.9 Å². The first-order valence-corrected chi connectivity index (χ1v) is 8.14. The molecular weight excluding hydrogens is 363 g/mol. The maximum absolute atomic E-state index is 13.5. The topological polar surface area (TPSA) is 65.4 Å². The second-order valence-corrected chi connectivity index (χ2v) is 5.92. The molecule has 6 nitrogen and oxygen atoms in total. The zero-order valence-corrected chi connectivity index (χ0v) is 13.9. The summed E-state index contributed by atoms with van der Waals surface area (Å²) in [5.74, 6) is -1.09. The van der Waals surface area contributed by atoms with Crippen molar-refractivity contribution in [3.05, 3.63) is 48.3 Å². The van der Waals surface area contributed by atoms with Gasteiger partial charge in [-0.1, -0.05) is 18.2 Å². The summed E-state index contributed by atoms with van der Waals surface area (Å²) in [6.07, 6.45) is -4.71. The van der Waals surface area contributed by atoms with E-state index in [-0.39, 0.29) is 11.0 Å². The van der Waals surface area contributed by atoms with Crippen LogP contribution in [0.3, 0.4) is 0 Å². The van der Waals surface area contributed by atoms with Crippen molar-refractivity contribution in [2.75, 3.05) is 18.5 Å². The molecule has 0 fully saturated rings. The Morgan fingerprint density at radius 2 is 1.78 bits per heavy atom. The number of anilines is 1. The van der Waals surface area contributed by atoms with Crippen LogP contribution in [-0.4, -0.2) is 28.7 Å². The summed E-state index contributed by atoms with van der Waals surface area (Å²) in [7, 11) is 0. The van der Waals surface area contributed by atoms with Gasteiger partial charge in [-0.3, -0.25) is 4.79 Å². The Kier molecular flexibility index (Phi) is 4.14. The fourth-order valence-electron chi connectivity index (χ4n) is 2.90. The number of amides is 1. The smallest absolute Gasteiger partial charge is 0.449 e. The molecule has 2 aromatic carbocycles.